The van der Waals surface area contributed by atoms with Crippen LogP contribution >= 0.6 is 0 Å². The Bertz CT molecular complexity index is 1360. The lowest BCUT2D eigenvalue weighted by molar-refractivity contribution is -0.129. The maximum atomic E-state index is 13.2. The van der Waals surface area contributed by atoms with Crippen LogP contribution in [0.2, 0.25) is 0 Å². The molecule has 0 bridgehead atoms. The highest BCUT2D eigenvalue weighted by Crippen LogP contribution is 2.30. The molecule has 3 aromatic carbocycles. The second-order valence-electron chi connectivity index (χ2n) is 8.19. The maximum absolute atomic E-state index is 13.2. The van der Waals surface area contributed by atoms with Gasteiger partial charge in [-0.05, 0) is 79.9 Å². The normalized spacial score (nSPS) is 15.9. The van der Waals surface area contributed by atoms with Crippen LogP contribution in [-0.2, 0) is 19.6 Å². The van der Waals surface area contributed by atoms with E-state index in [-0.39, 0.29) is 22.2 Å². The molecule has 1 aliphatic rings. The Hall–Kier alpha value is -3.72. The third-order valence-corrected chi connectivity index (χ3v) is 7.26. The number of carbonyl (C=O) groups is 2. The van der Waals surface area contributed by atoms with Crippen LogP contribution in [0.25, 0.3) is 0 Å². The van der Waals surface area contributed by atoms with E-state index >= 15 is 0 Å². The number of hydrogen-bond acceptors (Lipinski definition) is 4. The van der Waals surface area contributed by atoms with E-state index in [0.717, 1.165) is 41.1 Å². The average Bonchev–Trinajstić information content (AvgIpc) is 3.18. The fourth-order valence-corrected chi connectivity index (χ4v) is 4.87. The number of hydrogen-bond donors (Lipinski definition) is 2. The zero-order chi connectivity index (χ0) is 24.5. The van der Waals surface area contributed by atoms with Crippen molar-refractivity contribution in [3.05, 3.63) is 83.7 Å². The first-order valence-corrected chi connectivity index (χ1v) is 12.2. The average molecular weight is 482 g/mol. The molecule has 7 nitrogen and oxygen atoms in total. The number of nitrogens with one attached hydrogen (secondary N) is 2. The predicted octanol–water partition coefficient (Wildman–Crippen LogP) is 4.23. The molecule has 0 radical (unpaired) electrons. The van der Waals surface area contributed by atoms with Crippen molar-refractivity contribution >= 4 is 38.9 Å². The van der Waals surface area contributed by atoms with Crippen molar-refractivity contribution in [3.63, 3.8) is 0 Å². The van der Waals surface area contributed by atoms with Gasteiger partial charge in [0, 0.05) is 12.2 Å². The van der Waals surface area contributed by atoms with E-state index in [2.05, 4.69) is 10.0 Å². The van der Waals surface area contributed by atoms with Gasteiger partial charge in [-0.1, -0.05) is 18.2 Å². The molecule has 1 fully saturated rings. The molecule has 4 rings (SSSR count). The molecule has 1 heterocycles. The summed E-state index contributed by atoms with van der Waals surface area (Å²) in [5.74, 6) is -2.25. The third kappa shape index (κ3) is 4.79. The zero-order valence-electron chi connectivity index (χ0n) is 18.7. The van der Waals surface area contributed by atoms with E-state index < -0.39 is 27.7 Å². The minimum absolute atomic E-state index is 0.120. The van der Waals surface area contributed by atoms with Gasteiger partial charge in [0.2, 0.25) is 11.8 Å². The van der Waals surface area contributed by atoms with Gasteiger partial charge in [-0.2, -0.15) is 0 Å². The Labute approximate surface area is 197 Å². The molecule has 0 spiro atoms. The van der Waals surface area contributed by atoms with Crippen molar-refractivity contribution in [2.75, 3.05) is 21.5 Å². The van der Waals surface area contributed by atoms with Crippen LogP contribution in [0.3, 0.4) is 0 Å². The van der Waals surface area contributed by atoms with E-state index in [9.17, 15) is 22.4 Å². The summed E-state index contributed by atoms with van der Waals surface area (Å²) in [6.45, 7) is 4.37. The molecule has 9 heteroatoms. The summed E-state index contributed by atoms with van der Waals surface area (Å²) in [6, 6.07) is 16.4. The first-order valence-electron chi connectivity index (χ1n) is 10.7. The summed E-state index contributed by atoms with van der Waals surface area (Å²) >= 11 is 0. The van der Waals surface area contributed by atoms with Crippen LogP contribution in [0.15, 0.2) is 71.6 Å². The van der Waals surface area contributed by atoms with E-state index in [4.69, 9.17) is 0 Å². The van der Waals surface area contributed by atoms with E-state index in [0.29, 0.717) is 13.0 Å². The number of carbonyl (C=O) groups excluding carboxylic acids is 2. The van der Waals surface area contributed by atoms with Crippen LogP contribution in [0.1, 0.15) is 17.5 Å². The number of aryl methyl sites for hydroxylation is 2. The van der Waals surface area contributed by atoms with Gasteiger partial charge in [-0.25, -0.2) is 12.8 Å². The van der Waals surface area contributed by atoms with Crippen LogP contribution in [0.5, 0.6) is 0 Å². The van der Waals surface area contributed by atoms with Gasteiger partial charge in [0.05, 0.1) is 16.3 Å². The Morgan fingerprint density at radius 1 is 0.971 bits per heavy atom. The van der Waals surface area contributed by atoms with E-state index in [1.54, 1.807) is 23.1 Å². The van der Waals surface area contributed by atoms with Gasteiger partial charge in [0.1, 0.15) is 11.7 Å². The molecular weight excluding hydrogens is 457 g/mol. The zero-order valence-corrected chi connectivity index (χ0v) is 19.5. The molecule has 1 atom stereocenters. The van der Waals surface area contributed by atoms with E-state index in [1.807, 2.05) is 32.0 Å². The molecule has 3 aromatic rings. The van der Waals surface area contributed by atoms with Crippen molar-refractivity contribution < 1.29 is 22.4 Å². The second kappa shape index (κ2) is 9.26. The fourth-order valence-electron chi connectivity index (χ4n) is 3.79. The summed E-state index contributed by atoms with van der Waals surface area (Å²) in [6.07, 6.45) is 0.348. The summed E-state index contributed by atoms with van der Waals surface area (Å²) in [7, 11) is -4.01. The van der Waals surface area contributed by atoms with Gasteiger partial charge in [0.25, 0.3) is 10.0 Å². The highest BCUT2D eigenvalue weighted by atomic mass is 32.2. The highest BCUT2D eigenvalue weighted by molar-refractivity contribution is 7.92. The molecule has 2 N–H and O–H groups in total. The quantitative estimate of drug-likeness (QED) is 0.515. The van der Waals surface area contributed by atoms with Crippen molar-refractivity contribution in [3.8, 4) is 0 Å². The molecule has 2 amide bonds. The third-order valence-electron chi connectivity index (χ3n) is 5.88. The molecular formula is C25H24FN3O4S. The number of benzene rings is 3. The Kier molecular flexibility index (Phi) is 6.39. The van der Waals surface area contributed by atoms with Gasteiger partial charge >= 0.3 is 0 Å². The standard InChI is InChI=1S/C25H24FN3O4S/c1-16-7-10-19(15-17(16)2)29-14-13-21(25(29)31)24(30)27-22-5-3-4-6-23(22)28-34(32,33)20-11-8-18(26)9-12-20/h3-12,15,21,28H,13-14H2,1-2H3,(H,27,30). The van der Waals surface area contributed by atoms with Crippen LogP contribution < -0.4 is 14.9 Å². The van der Waals surface area contributed by atoms with Gasteiger partial charge in [-0.15, -0.1) is 0 Å². The predicted molar refractivity (Wildman–Crippen MR) is 129 cm³/mol. The monoisotopic (exact) mass is 481 g/mol. The SMILES string of the molecule is Cc1ccc(N2CCC(C(=O)Nc3ccccc3NS(=O)(=O)c3ccc(F)cc3)C2=O)cc1C. The molecule has 1 unspecified atom stereocenters. The summed E-state index contributed by atoms with van der Waals surface area (Å²) in [4.78, 5) is 27.4. The Morgan fingerprint density at radius 2 is 1.65 bits per heavy atom. The largest absolute Gasteiger partial charge is 0.324 e. The lowest BCUT2D eigenvalue weighted by Gasteiger charge is -2.18. The summed E-state index contributed by atoms with van der Waals surface area (Å²) in [5, 5.41) is 2.69. The number of halogens is 1. The van der Waals surface area contributed by atoms with E-state index in [1.165, 1.54) is 6.07 Å². The number of amides is 2. The van der Waals surface area contributed by atoms with Gasteiger partial charge < -0.3 is 10.2 Å². The maximum Gasteiger partial charge on any atom is 0.261 e. The minimum Gasteiger partial charge on any atom is -0.324 e. The van der Waals surface area contributed by atoms with Crippen LogP contribution in [0, 0.1) is 25.6 Å². The smallest absolute Gasteiger partial charge is 0.261 e. The molecule has 1 saturated heterocycles. The molecule has 0 saturated carbocycles. The topological polar surface area (TPSA) is 95.6 Å². The lowest BCUT2D eigenvalue weighted by atomic mass is 10.1. The van der Waals surface area contributed by atoms with Crippen molar-refractivity contribution in [1.29, 1.82) is 0 Å². The Balaban J connectivity index is 1.50. The molecule has 0 aromatic heterocycles. The summed E-state index contributed by atoms with van der Waals surface area (Å²) in [5.41, 5.74) is 3.27. The van der Waals surface area contributed by atoms with Crippen molar-refractivity contribution in [2.24, 2.45) is 5.92 Å². The van der Waals surface area contributed by atoms with Crippen molar-refractivity contribution in [2.45, 2.75) is 25.2 Å². The van der Waals surface area contributed by atoms with Crippen LogP contribution in [0.4, 0.5) is 21.5 Å². The number of rotatable bonds is 6. The summed E-state index contributed by atoms with van der Waals surface area (Å²) < 4.78 is 41.0. The molecule has 34 heavy (non-hydrogen) atoms. The number of anilines is 3. The molecule has 1 aliphatic heterocycles. The number of nitrogens with zero attached hydrogens (tertiary/aromatic N) is 1. The first-order chi connectivity index (χ1) is 16.2. The molecule has 0 aliphatic carbocycles. The minimum atomic E-state index is -4.01. The van der Waals surface area contributed by atoms with Crippen LogP contribution in [-0.4, -0.2) is 26.8 Å². The van der Waals surface area contributed by atoms with Crippen molar-refractivity contribution in [1.82, 2.24) is 0 Å². The lowest BCUT2D eigenvalue weighted by Crippen LogP contribution is -2.33. The Morgan fingerprint density at radius 3 is 2.32 bits per heavy atom. The fraction of sp³-hybridized carbons (Fsp3) is 0.200. The van der Waals surface area contributed by atoms with Gasteiger partial charge in [0.15, 0.2) is 0 Å². The number of para-hydroxylation sites is 2. The highest BCUT2D eigenvalue weighted by Gasteiger charge is 2.38. The second-order valence-corrected chi connectivity index (χ2v) is 9.88. The molecule has 176 valence electrons. The number of sulfonamides is 1. The first kappa shape index (κ1) is 23.4. The van der Waals surface area contributed by atoms with Gasteiger partial charge in [-0.3, -0.25) is 14.3 Å².